The quantitative estimate of drug-likeness (QED) is 0.378. The van der Waals surface area contributed by atoms with E-state index in [0.717, 1.165) is 30.5 Å². The minimum Gasteiger partial charge on any atom is -0.507 e. The second-order valence-corrected chi connectivity index (χ2v) is 8.69. The molecule has 0 bridgehead atoms. The minimum atomic E-state index is -1.15. The maximum absolute atomic E-state index is 13.9. The lowest BCUT2D eigenvalue weighted by molar-refractivity contribution is 0.0888. The third kappa shape index (κ3) is 6.36. The fourth-order valence-electron chi connectivity index (χ4n) is 4.09. The van der Waals surface area contributed by atoms with Crippen LogP contribution in [0, 0.1) is 17.5 Å². The number of aliphatic hydroxyl groups excluding tert-OH is 1. The number of rotatable bonds is 7. The fraction of sp³-hybridized carbons (Fsp3) is 0.269. The van der Waals surface area contributed by atoms with Crippen molar-refractivity contribution < 1.29 is 37.7 Å². The number of pyridine rings is 1. The molecule has 4 rings (SSSR count). The van der Waals surface area contributed by atoms with Crippen molar-refractivity contribution in [2.24, 2.45) is 0 Å². The summed E-state index contributed by atoms with van der Waals surface area (Å²) >= 11 is 0. The van der Waals surface area contributed by atoms with Gasteiger partial charge in [-0.3, -0.25) is 9.59 Å². The number of carbonyl (C=O) groups excluding carboxylic acids is 2. The summed E-state index contributed by atoms with van der Waals surface area (Å²) in [6.45, 7) is -0.264. The van der Waals surface area contributed by atoms with E-state index in [1.165, 1.54) is 18.2 Å². The van der Waals surface area contributed by atoms with Gasteiger partial charge in [0, 0.05) is 18.2 Å². The van der Waals surface area contributed by atoms with E-state index in [4.69, 9.17) is 4.74 Å². The molecule has 0 saturated heterocycles. The number of amides is 2. The number of nitrogens with one attached hydrogen (secondary N) is 2. The van der Waals surface area contributed by atoms with Crippen LogP contribution in [0.5, 0.6) is 17.4 Å². The lowest BCUT2D eigenvalue weighted by atomic mass is 9.90. The van der Waals surface area contributed by atoms with Gasteiger partial charge in [0.1, 0.15) is 22.9 Å². The largest absolute Gasteiger partial charge is 0.507 e. The first-order valence-electron chi connectivity index (χ1n) is 11.6. The Bertz CT molecular complexity index is 1310. The summed E-state index contributed by atoms with van der Waals surface area (Å²) < 4.78 is 46.0. The van der Waals surface area contributed by atoms with Crippen molar-refractivity contribution in [2.45, 2.75) is 44.4 Å². The normalized spacial score (nSPS) is 17.2. The van der Waals surface area contributed by atoms with Gasteiger partial charge in [-0.2, -0.15) is 0 Å². The van der Waals surface area contributed by atoms with E-state index < -0.39 is 29.3 Å². The second kappa shape index (κ2) is 11.3. The third-order valence-corrected chi connectivity index (χ3v) is 6.05. The monoisotopic (exact) mass is 515 g/mol. The number of phenols is 1. The maximum atomic E-state index is 13.9. The van der Waals surface area contributed by atoms with Gasteiger partial charge in [-0.05, 0) is 61.6 Å². The van der Waals surface area contributed by atoms with E-state index in [1.54, 1.807) is 0 Å². The summed E-state index contributed by atoms with van der Waals surface area (Å²) in [4.78, 5) is 29.2. The highest BCUT2D eigenvalue weighted by molar-refractivity contribution is 5.97. The van der Waals surface area contributed by atoms with Gasteiger partial charge in [0.15, 0.2) is 11.6 Å². The van der Waals surface area contributed by atoms with Crippen LogP contribution in [0.25, 0.3) is 0 Å². The van der Waals surface area contributed by atoms with Crippen LogP contribution in [-0.4, -0.2) is 39.1 Å². The lowest BCUT2D eigenvalue weighted by Crippen LogP contribution is -2.44. The Morgan fingerprint density at radius 1 is 0.892 bits per heavy atom. The molecule has 1 aliphatic carbocycles. The first-order chi connectivity index (χ1) is 17.7. The van der Waals surface area contributed by atoms with Crippen LogP contribution in [-0.2, 0) is 6.61 Å². The van der Waals surface area contributed by atoms with Gasteiger partial charge < -0.3 is 25.6 Å². The third-order valence-electron chi connectivity index (χ3n) is 6.05. The number of hydrogen-bond donors (Lipinski definition) is 4. The Morgan fingerprint density at radius 3 is 2.16 bits per heavy atom. The standard InChI is InChI=1S/C26H24F3N3O5/c27-15-10-20(26(30-12-15)37-18-6-7-21(28)22(29)11-18)25(36)32-17-4-2-16(3-5-17)31-24(35)19-9-14(13-33)1-8-23(19)34/h1,6-12,16-17,33-34H,2-5,13H2,(H,31,35)(H,32,36)/t16-,17+. The van der Waals surface area contributed by atoms with Crippen molar-refractivity contribution in [3.05, 3.63) is 82.8 Å². The SMILES string of the molecule is O=C(N[C@H]1CC[C@@H](NC(=O)c2cc(F)cnc2Oc2ccc(F)c(F)c2)CC1)c1cc(CO)ccc1O. The second-order valence-electron chi connectivity index (χ2n) is 8.69. The van der Waals surface area contributed by atoms with Gasteiger partial charge in [-0.1, -0.05) is 6.07 Å². The highest BCUT2D eigenvalue weighted by atomic mass is 19.2. The average molecular weight is 515 g/mol. The van der Waals surface area contributed by atoms with E-state index in [1.807, 2.05) is 0 Å². The fourth-order valence-corrected chi connectivity index (χ4v) is 4.09. The molecule has 1 saturated carbocycles. The summed E-state index contributed by atoms with van der Waals surface area (Å²) in [6.07, 6.45) is 2.95. The number of aromatic hydroxyl groups is 1. The molecule has 1 aromatic heterocycles. The van der Waals surface area contributed by atoms with Crippen LogP contribution < -0.4 is 15.4 Å². The van der Waals surface area contributed by atoms with Gasteiger partial charge in [0.25, 0.3) is 11.8 Å². The first kappa shape index (κ1) is 26.0. The number of carbonyl (C=O) groups is 2. The van der Waals surface area contributed by atoms with Gasteiger partial charge in [-0.25, -0.2) is 18.2 Å². The zero-order valence-corrected chi connectivity index (χ0v) is 19.5. The molecule has 2 amide bonds. The van der Waals surface area contributed by atoms with E-state index in [2.05, 4.69) is 15.6 Å². The smallest absolute Gasteiger partial charge is 0.257 e. The van der Waals surface area contributed by atoms with Crippen molar-refractivity contribution in [1.29, 1.82) is 0 Å². The minimum absolute atomic E-state index is 0.0640. The maximum Gasteiger partial charge on any atom is 0.257 e. The van der Waals surface area contributed by atoms with E-state index in [-0.39, 0.29) is 47.2 Å². The number of halogens is 3. The van der Waals surface area contributed by atoms with Crippen LogP contribution in [0.15, 0.2) is 48.7 Å². The Balaban J connectivity index is 1.36. The summed E-state index contributed by atoms with van der Waals surface area (Å²) in [5.41, 5.74) is 0.350. The van der Waals surface area contributed by atoms with Crippen molar-refractivity contribution in [2.75, 3.05) is 0 Å². The van der Waals surface area contributed by atoms with Crippen LogP contribution >= 0.6 is 0 Å². The number of ether oxygens (including phenoxy) is 1. The molecule has 0 unspecified atom stereocenters. The van der Waals surface area contributed by atoms with Crippen molar-refractivity contribution >= 4 is 11.8 Å². The Labute approximate surface area is 210 Å². The number of aromatic nitrogens is 1. The highest BCUT2D eigenvalue weighted by Gasteiger charge is 2.26. The summed E-state index contributed by atoms with van der Waals surface area (Å²) in [6, 6.07) is 7.56. The lowest BCUT2D eigenvalue weighted by Gasteiger charge is -2.30. The van der Waals surface area contributed by atoms with Gasteiger partial charge in [0.2, 0.25) is 5.88 Å². The van der Waals surface area contributed by atoms with Gasteiger partial charge in [-0.15, -0.1) is 0 Å². The molecule has 4 N–H and O–H groups in total. The Kier molecular flexibility index (Phi) is 7.92. The molecule has 3 aromatic rings. The molecule has 37 heavy (non-hydrogen) atoms. The van der Waals surface area contributed by atoms with E-state index in [0.29, 0.717) is 31.2 Å². The van der Waals surface area contributed by atoms with Crippen LogP contribution in [0.2, 0.25) is 0 Å². The molecule has 11 heteroatoms. The molecule has 0 radical (unpaired) electrons. The molecule has 1 heterocycles. The van der Waals surface area contributed by atoms with E-state index >= 15 is 0 Å². The molecule has 1 aliphatic rings. The summed E-state index contributed by atoms with van der Waals surface area (Å²) in [5, 5.41) is 24.9. The summed E-state index contributed by atoms with van der Waals surface area (Å²) in [7, 11) is 0. The van der Waals surface area contributed by atoms with Crippen molar-refractivity contribution in [3.63, 3.8) is 0 Å². The number of benzene rings is 2. The van der Waals surface area contributed by atoms with Crippen molar-refractivity contribution in [3.8, 4) is 17.4 Å². The zero-order chi connectivity index (χ0) is 26.5. The van der Waals surface area contributed by atoms with Gasteiger partial charge in [0.05, 0.1) is 18.4 Å². The summed E-state index contributed by atoms with van der Waals surface area (Å²) in [5.74, 6) is -4.68. The molecular weight excluding hydrogens is 491 g/mol. The molecule has 0 atom stereocenters. The number of aliphatic hydroxyl groups is 1. The molecule has 1 fully saturated rings. The molecular formula is C26H24F3N3O5. The van der Waals surface area contributed by atoms with Crippen LogP contribution in [0.1, 0.15) is 52.0 Å². The Morgan fingerprint density at radius 2 is 1.54 bits per heavy atom. The predicted octanol–water partition coefficient (Wildman–Crippen LogP) is 3.96. The van der Waals surface area contributed by atoms with E-state index in [9.17, 15) is 33.0 Å². The topological polar surface area (TPSA) is 121 Å². The van der Waals surface area contributed by atoms with Crippen molar-refractivity contribution in [1.82, 2.24) is 15.6 Å². The molecule has 0 spiro atoms. The zero-order valence-electron chi connectivity index (χ0n) is 19.5. The first-order valence-corrected chi connectivity index (χ1v) is 11.6. The predicted molar refractivity (Wildman–Crippen MR) is 126 cm³/mol. The number of nitrogens with zero attached hydrogens (tertiary/aromatic N) is 1. The van der Waals surface area contributed by atoms with Crippen LogP contribution in [0.3, 0.4) is 0 Å². The number of hydrogen-bond acceptors (Lipinski definition) is 6. The number of phenolic OH excluding ortho intramolecular Hbond substituents is 1. The highest BCUT2D eigenvalue weighted by Crippen LogP contribution is 2.27. The average Bonchev–Trinajstić information content (AvgIpc) is 2.88. The molecule has 194 valence electrons. The molecule has 2 aromatic carbocycles. The van der Waals surface area contributed by atoms with Gasteiger partial charge >= 0.3 is 0 Å². The Hall–Kier alpha value is -4.12. The molecule has 8 nitrogen and oxygen atoms in total. The van der Waals surface area contributed by atoms with Crippen LogP contribution in [0.4, 0.5) is 13.2 Å². The molecule has 0 aliphatic heterocycles.